The summed E-state index contributed by atoms with van der Waals surface area (Å²) in [6, 6.07) is 3.02. The molecular weight excluding hydrogens is 202 g/mol. The molecule has 3 atom stereocenters. The van der Waals surface area contributed by atoms with Crippen LogP contribution in [-0.4, -0.2) is 12.6 Å². The first-order valence-corrected chi connectivity index (χ1v) is 6.92. The minimum absolute atomic E-state index is 0.469. The average molecular weight is 223 g/mol. The first-order chi connectivity index (χ1) is 7.22. The van der Waals surface area contributed by atoms with Crippen molar-refractivity contribution < 1.29 is 0 Å². The second-order valence-corrected chi connectivity index (χ2v) is 5.59. The first-order valence-electron chi connectivity index (χ1n) is 5.97. The minimum Gasteiger partial charge on any atom is -0.314 e. The highest BCUT2D eigenvalue weighted by molar-refractivity contribution is 7.08. The Bertz CT molecular complexity index is 306. The van der Waals surface area contributed by atoms with Crippen LogP contribution in [0.3, 0.4) is 0 Å². The van der Waals surface area contributed by atoms with E-state index in [0.717, 1.165) is 18.5 Å². The van der Waals surface area contributed by atoms with Gasteiger partial charge < -0.3 is 5.32 Å². The molecule has 1 aliphatic rings. The summed E-state index contributed by atoms with van der Waals surface area (Å²) < 4.78 is 0. The largest absolute Gasteiger partial charge is 0.314 e. The van der Waals surface area contributed by atoms with Gasteiger partial charge in [0.25, 0.3) is 0 Å². The first kappa shape index (κ1) is 11.2. The molecule has 15 heavy (non-hydrogen) atoms. The van der Waals surface area contributed by atoms with Crippen LogP contribution in [0.4, 0.5) is 0 Å². The third-order valence-corrected chi connectivity index (χ3v) is 4.92. The van der Waals surface area contributed by atoms with Crippen molar-refractivity contribution in [2.24, 2.45) is 5.41 Å². The Labute approximate surface area is 96.9 Å². The van der Waals surface area contributed by atoms with E-state index in [1.807, 2.05) is 11.3 Å². The molecule has 84 valence electrons. The second-order valence-electron chi connectivity index (χ2n) is 4.81. The van der Waals surface area contributed by atoms with E-state index in [1.54, 1.807) is 5.56 Å². The summed E-state index contributed by atoms with van der Waals surface area (Å²) in [5.41, 5.74) is 2.02. The fourth-order valence-electron chi connectivity index (χ4n) is 2.90. The Kier molecular flexibility index (Phi) is 3.17. The van der Waals surface area contributed by atoms with Crippen LogP contribution in [0.5, 0.6) is 0 Å². The van der Waals surface area contributed by atoms with Gasteiger partial charge in [-0.05, 0) is 53.1 Å². The third-order valence-electron chi connectivity index (χ3n) is 4.22. The van der Waals surface area contributed by atoms with Crippen molar-refractivity contribution in [2.75, 3.05) is 6.54 Å². The molecule has 0 saturated heterocycles. The molecular formula is C13H21NS. The molecule has 1 N–H and O–H groups in total. The smallest absolute Gasteiger partial charge is 0.0133 e. The zero-order valence-corrected chi connectivity index (χ0v) is 10.7. The van der Waals surface area contributed by atoms with Crippen LogP contribution in [0.2, 0.25) is 0 Å². The van der Waals surface area contributed by atoms with Crippen LogP contribution in [-0.2, 0) is 0 Å². The van der Waals surface area contributed by atoms with Gasteiger partial charge in [0, 0.05) is 6.04 Å². The summed E-state index contributed by atoms with van der Waals surface area (Å²) in [7, 11) is 0. The fourth-order valence-corrected chi connectivity index (χ4v) is 3.62. The fraction of sp³-hybridized carbons (Fsp3) is 0.692. The van der Waals surface area contributed by atoms with Crippen LogP contribution >= 0.6 is 11.3 Å². The van der Waals surface area contributed by atoms with Gasteiger partial charge in [-0.2, -0.15) is 11.3 Å². The lowest BCUT2D eigenvalue weighted by molar-refractivity contribution is 0.0457. The zero-order valence-electron chi connectivity index (χ0n) is 9.92. The molecule has 0 amide bonds. The van der Waals surface area contributed by atoms with E-state index in [-0.39, 0.29) is 0 Å². The summed E-state index contributed by atoms with van der Waals surface area (Å²) in [5, 5.41) is 8.14. The van der Waals surface area contributed by atoms with Crippen molar-refractivity contribution in [3.8, 4) is 0 Å². The molecule has 2 rings (SSSR count). The van der Waals surface area contributed by atoms with Crippen LogP contribution in [0.15, 0.2) is 16.8 Å². The standard InChI is InChI=1S/C13H21NS/c1-4-13(3)11(8-12(13)14-5-2)10-6-7-15-9-10/h6-7,9,11-12,14H,4-5,8H2,1-3H3. The van der Waals surface area contributed by atoms with Crippen molar-refractivity contribution in [2.45, 2.75) is 45.6 Å². The average Bonchev–Trinajstić information content (AvgIpc) is 2.75. The summed E-state index contributed by atoms with van der Waals surface area (Å²) in [6.07, 6.45) is 2.58. The molecule has 0 radical (unpaired) electrons. The highest BCUT2D eigenvalue weighted by Crippen LogP contribution is 2.55. The van der Waals surface area contributed by atoms with Crippen molar-refractivity contribution in [1.82, 2.24) is 5.32 Å². The van der Waals surface area contributed by atoms with Gasteiger partial charge in [-0.3, -0.25) is 0 Å². The van der Waals surface area contributed by atoms with E-state index in [9.17, 15) is 0 Å². The Morgan fingerprint density at radius 2 is 2.33 bits per heavy atom. The predicted octanol–water partition coefficient (Wildman–Crippen LogP) is 3.63. The predicted molar refractivity (Wildman–Crippen MR) is 67.5 cm³/mol. The normalized spacial score (nSPS) is 35.1. The lowest BCUT2D eigenvalue weighted by atomic mass is 9.54. The molecule has 2 heteroatoms. The topological polar surface area (TPSA) is 12.0 Å². The van der Waals surface area contributed by atoms with E-state index in [4.69, 9.17) is 0 Å². The van der Waals surface area contributed by atoms with Crippen molar-refractivity contribution in [3.05, 3.63) is 22.4 Å². The van der Waals surface area contributed by atoms with Crippen LogP contribution < -0.4 is 5.32 Å². The summed E-state index contributed by atoms with van der Waals surface area (Å²) >= 11 is 1.82. The number of rotatable bonds is 4. The highest BCUT2D eigenvalue weighted by Gasteiger charge is 2.50. The molecule has 1 saturated carbocycles. The van der Waals surface area contributed by atoms with Crippen molar-refractivity contribution in [3.63, 3.8) is 0 Å². The summed E-state index contributed by atoms with van der Waals surface area (Å²) in [5.74, 6) is 0.776. The number of nitrogens with one attached hydrogen (secondary N) is 1. The van der Waals surface area contributed by atoms with Crippen LogP contribution in [0.25, 0.3) is 0 Å². The molecule has 3 unspecified atom stereocenters. The molecule has 1 aromatic rings. The van der Waals surface area contributed by atoms with Crippen molar-refractivity contribution >= 4 is 11.3 Å². The van der Waals surface area contributed by atoms with Crippen LogP contribution in [0.1, 0.15) is 45.1 Å². The van der Waals surface area contributed by atoms with Gasteiger partial charge in [0.1, 0.15) is 0 Å². The lowest BCUT2D eigenvalue weighted by Crippen LogP contribution is -2.56. The van der Waals surface area contributed by atoms with Gasteiger partial charge in [-0.25, -0.2) is 0 Å². The van der Waals surface area contributed by atoms with E-state index >= 15 is 0 Å². The molecule has 0 bridgehead atoms. The molecule has 1 aromatic heterocycles. The van der Waals surface area contributed by atoms with E-state index in [1.165, 1.54) is 12.8 Å². The van der Waals surface area contributed by atoms with E-state index < -0.39 is 0 Å². The molecule has 1 heterocycles. The Morgan fingerprint density at radius 1 is 1.53 bits per heavy atom. The molecule has 0 spiro atoms. The lowest BCUT2D eigenvalue weighted by Gasteiger charge is -2.54. The van der Waals surface area contributed by atoms with Gasteiger partial charge in [-0.15, -0.1) is 0 Å². The molecule has 1 nitrogen and oxygen atoms in total. The van der Waals surface area contributed by atoms with Gasteiger partial charge in [0.05, 0.1) is 0 Å². The maximum Gasteiger partial charge on any atom is 0.0133 e. The quantitative estimate of drug-likeness (QED) is 0.822. The Morgan fingerprint density at radius 3 is 2.87 bits per heavy atom. The molecule has 1 aliphatic carbocycles. The third kappa shape index (κ3) is 1.74. The summed E-state index contributed by atoms with van der Waals surface area (Å²) in [4.78, 5) is 0. The van der Waals surface area contributed by atoms with Gasteiger partial charge >= 0.3 is 0 Å². The molecule has 1 fully saturated rings. The maximum atomic E-state index is 3.62. The zero-order chi connectivity index (χ0) is 10.9. The SMILES string of the molecule is CCNC1CC(c2ccsc2)C1(C)CC. The minimum atomic E-state index is 0.469. The number of thiophene rings is 1. The Balaban J connectivity index is 2.11. The van der Waals surface area contributed by atoms with Gasteiger partial charge in [0.2, 0.25) is 0 Å². The molecule has 0 aromatic carbocycles. The monoisotopic (exact) mass is 223 g/mol. The number of hydrogen-bond acceptors (Lipinski definition) is 2. The Hall–Kier alpha value is -0.340. The van der Waals surface area contributed by atoms with Gasteiger partial charge in [-0.1, -0.05) is 20.8 Å². The molecule has 0 aliphatic heterocycles. The number of hydrogen-bond donors (Lipinski definition) is 1. The second kappa shape index (κ2) is 4.26. The van der Waals surface area contributed by atoms with E-state index in [2.05, 4.69) is 42.9 Å². The highest BCUT2D eigenvalue weighted by atomic mass is 32.1. The van der Waals surface area contributed by atoms with Crippen LogP contribution in [0, 0.1) is 5.41 Å². The maximum absolute atomic E-state index is 3.62. The summed E-state index contributed by atoms with van der Waals surface area (Å²) in [6.45, 7) is 8.06. The van der Waals surface area contributed by atoms with Crippen molar-refractivity contribution in [1.29, 1.82) is 0 Å². The van der Waals surface area contributed by atoms with E-state index in [0.29, 0.717) is 5.41 Å². The van der Waals surface area contributed by atoms with Gasteiger partial charge in [0.15, 0.2) is 0 Å².